The van der Waals surface area contributed by atoms with Crippen molar-refractivity contribution in [3.63, 3.8) is 0 Å². The zero-order valence-corrected chi connectivity index (χ0v) is 13.5. The van der Waals surface area contributed by atoms with Gasteiger partial charge in [0.1, 0.15) is 0 Å². The second-order valence-corrected chi connectivity index (χ2v) is 7.88. The summed E-state index contributed by atoms with van der Waals surface area (Å²) in [6.07, 6.45) is 5.10. The molecule has 0 aromatic rings. The van der Waals surface area contributed by atoms with Crippen LogP contribution >= 0.6 is 0 Å². The van der Waals surface area contributed by atoms with E-state index in [9.17, 15) is 0 Å². The van der Waals surface area contributed by atoms with Gasteiger partial charge in [-0.15, -0.1) is 6.58 Å². The van der Waals surface area contributed by atoms with Crippen LogP contribution in [0.2, 0.25) is 0 Å². The van der Waals surface area contributed by atoms with Crippen molar-refractivity contribution in [1.82, 2.24) is 5.32 Å². The van der Waals surface area contributed by atoms with Crippen LogP contribution in [0.5, 0.6) is 0 Å². The molecule has 19 heavy (non-hydrogen) atoms. The normalized spacial score (nSPS) is 22.0. The minimum Gasteiger partial charge on any atom is -0.376 e. The highest BCUT2D eigenvalue weighted by atomic mass is 28.4. The van der Waals surface area contributed by atoms with Crippen molar-refractivity contribution < 1.29 is 18.0 Å². The lowest BCUT2D eigenvalue weighted by molar-refractivity contribution is 0.103. The Bertz CT molecular complexity index is 261. The van der Waals surface area contributed by atoms with Crippen LogP contribution in [0.25, 0.3) is 0 Å². The van der Waals surface area contributed by atoms with Gasteiger partial charge in [-0.05, 0) is 19.3 Å². The molecule has 0 aromatic heterocycles. The largest absolute Gasteiger partial charge is 0.518 e. The molecular formula is C13H27NO4Si. The molecule has 3 unspecified atom stereocenters. The maximum absolute atomic E-state index is 5.56. The second kappa shape index (κ2) is 8.14. The first-order valence-corrected chi connectivity index (χ1v) is 8.59. The molecule has 1 fully saturated rings. The Morgan fingerprint density at radius 2 is 1.95 bits per heavy atom. The maximum atomic E-state index is 5.56. The van der Waals surface area contributed by atoms with Gasteiger partial charge in [-0.1, -0.05) is 13.0 Å². The van der Waals surface area contributed by atoms with E-state index in [0.717, 1.165) is 25.9 Å². The minimum absolute atomic E-state index is 0.0798. The van der Waals surface area contributed by atoms with Crippen molar-refractivity contribution in [2.45, 2.75) is 44.0 Å². The quantitative estimate of drug-likeness (QED) is 0.355. The van der Waals surface area contributed by atoms with Gasteiger partial charge in [0, 0.05) is 27.4 Å². The monoisotopic (exact) mass is 289 g/mol. The molecule has 0 aromatic carbocycles. The summed E-state index contributed by atoms with van der Waals surface area (Å²) >= 11 is 0. The average Bonchev–Trinajstić information content (AvgIpc) is 3.24. The van der Waals surface area contributed by atoms with Crippen LogP contribution < -0.4 is 5.32 Å². The number of ether oxygens (including phenoxy) is 1. The van der Waals surface area contributed by atoms with Crippen molar-refractivity contribution >= 4 is 8.80 Å². The SMILES string of the molecule is C=CCC(CC1CO1)NC(CC)[Si](OC)(OC)OC. The summed E-state index contributed by atoms with van der Waals surface area (Å²) in [5.41, 5.74) is 0.0798. The van der Waals surface area contributed by atoms with Crippen LogP contribution in [0.15, 0.2) is 12.7 Å². The van der Waals surface area contributed by atoms with Crippen LogP contribution in [0, 0.1) is 0 Å². The lowest BCUT2D eigenvalue weighted by atomic mass is 10.1. The van der Waals surface area contributed by atoms with E-state index in [2.05, 4.69) is 18.8 Å². The van der Waals surface area contributed by atoms with E-state index >= 15 is 0 Å². The number of nitrogens with one attached hydrogen (secondary N) is 1. The first-order chi connectivity index (χ1) is 9.15. The van der Waals surface area contributed by atoms with Crippen LogP contribution in [-0.4, -0.2) is 54.6 Å². The number of hydrogen-bond acceptors (Lipinski definition) is 5. The van der Waals surface area contributed by atoms with Gasteiger partial charge in [-0.25, -0.2) is 0 Å². The lowest BCUT2D eigenvalue weighted by Gasteiger charge is -2.34. The fourth-order valence-corrected chi connectivity index (χ4v) is 4.68. The first kappa shape index (κ1) is 16.8. The Kier molecular flexibility index (Phi) is 7.20. The maximum Gasteiger partial charge on any atom is 0.518 e. The third kappa shape index (κ3) is 4.66. The van der Waals surface area contributed by atoms with Crippen LogP contribution in [0.3, 0.4) is 0 Å². The Morgan fingerprint density at radius 1 is 1.37 bits per heavy atom. The summed E-state index contributed by atoms with van der Waals surface area (Å²) in [5.74, 6) is 0. The Morgan fingerprint density at radius 3 is 2.32 bits per heavy atom. The predicted octanol–water partition coefficient (Wildman–Crippen LogP) is 1.51. The minimum atomic E-state index is -2.66. The van der Waals surface area contributed by atoms with E-state index < -0.39 is 8.80 Å². The third-order valence-corrected chi connectivity index (χ3v) is 6.66. The second-order valence-electron chi connectivity index (χ2n) is 4.76. The van der Waals surface area contributed by atoms with E-state index in [0.29, 0.717) is 12.1 Å². The zero-order valence-electron chi connectivity index (χ0n) is 12.5. The molecule has 1 heterocycles. The third-order valence-electron chi connectivity index (χ3n) is 3.53. The van der Waals surface area contributed by atoms with Crippen molar-refractivity contribution in [3.8, 4) is 0 Å². The van der Waals surface area contributed by atoms with Crippen molar-refractivity contribution in [3.05, 3.63) is 12.7 Å². The molecule has 0 aliphatic carbocycles. The van der Waals surface area contributed by atoms with Gasteiger partial charge in [0.15, 0.2) is 0 Å². The van der Waals surface area contributed by atoms with E-state index in [4.69, 9.17) is 18.0 Å². The molecular weight excluding hydrogens is 262 g/mol. The molecule has 112 valence electrons. The molecule has 5 nitrogen and oxygen atoms in total. The van der Waals surface area contributed by atoms with Gasteiger partial charge in [-0.2, -0.15) is 0 Å². The summed E-state index contributed by atoms with van der Waals surface area (Å²) in [5, 5.41) is 3.61. The molecule has 0 radical (unpaired) electrons. The first-order valence-electron chi connectivity index (χ1n) is 6.79. The predicted molar refractivity (Wildman–Crippen MR) is 77.0 cm³/mol. The van der Waals surface area contributed by atoms with E-state index in [1.807, 2.05) is 6.08 Å². The highest BCUT2D eigenvalue weighted by Gasteiger charge is 2.47. The lowest BCUT2D eigenvalue weighted by Crippen LogP contribution is -2.62. The molecule has 0 spiro atoms. The number of hydrogen-bond donors (Lipinski definition) is 1. The molecule has 0 saturated carbocycles. The fraction of sp³-hybridized carbons (Fsp3) is 0.846. The smallest absolute Gasteiger partial charge is 0.376 e. The molecule has 0 bridgehead atoms. The number of epoxide rings is 1. The molecule has 1 aliphatic heterocycles. The molecule has 0 amide bonds. The van der Waals surface area contributed by atoms with Gasteiger partial charge in [-0.3, -0.25) is 0 Å². The zero-order chi connectivity index (χ0) is 14.3. The fourth-order valence-electron chi connectivity index (χ4n) is 2.39. The van der Waals surface area contributed by atoms with Crippen LogP contribution in [0.4, 0.5) is 0 Å². The summed E-state index contributed by atoms with van der Waals surface area (Å²) in [6, 6.07) is 0.322. The highest BCUT2D eigenvalue weighted by molar-refractivity contribution is 6.62. The summed E-state index contributed by atoms with van der Waals surface area (Å²) in [6.45, 7) is 6.80. The van der Waals surface area contributed by atoms with Gasteiger partial charge in [0.25, 0.3) is 0 Å². The van der Waals surface area contributed by atoms with Gasteiger partial charge in [0.05, 0.1) is 18.4 Å². The van der Waals surface area contributed by atoms with Crippen molar-refractivity contribution in [2.75, 3.05) is 27.9 Å². The Hall–Kier alpha value is -0.243. The molecule has 3 atom stereocenters. The van der Waals surface area contributed by atoms with E-state index in [1.165, 1.54) is 0 Å². The molecule has 1 aliphatic rings. The van der Waals surface area contributed by atoms with E-state index in [1.54, 1.807) is 21.3 Å². The molecule has 1 N–H and O–H groups in total. The molecule has 1 rings (SSSR count). The molecule has 6 heteroatoms. The summed E-state index contributed by atoms with van der Waals surface area (Å²) in [7, 11) is 2.29. The van der Waals surface area contributed by atoms with Gasteiger partial charge >= 0.3 is 8.80 Å². The standard InChI is InChI=1S/C13H27NO4Si/c1-6-8-11(9-12-10-18-12)14-13(7-2)19(15-3,16-4)17-5/h6,11-14H,1,7-10H2,2-5H3. The van der Waals surface area contributed by atoms with E-state index in [-0.39, 0.29) is 5.67 Å². The summed E-state index contributed by atoms with van der Waals surface area (Å²) < 4.78 is 22.0. The highest BCUT2D eigenvalue weighted by Crippen LogP contribution is 2.21. The van der Waals surface area contributed by atoms with Gasteiger partial charge < -0.3 is 23.3 Å². The molecule has 1 saturated heterocycles. The topological polar surface area (TPSA) is 52.2 Å². The Labute approximate surface area is 117 Å². The summed E-state index contributed by atoms with van der Waals surface area (Å²) in [4.78, 5) is 0. The van der Waals surface area contributed by atoms with Crippen molar-refractivity contribution in [2.24, 2.45) is 0 Å². The van der Waals surface area contributed by atoms with Gasteiger partial charge in [0.2, 0.25) is 0 Å². The van der Waals surface area contributed by atoms with Crippen LogP contribution in [0.1, 0.15) is 26.2 Å². The van der Waals surface area contributed by atoms with Crippen LogP contribution in [-0.2, 0) is 18.0 Å². The Balaban J connectivity index is 2.66. The van der Waals surface area contributed by atoms with Crippen molar-refractivity contribution in [1.29, 1.82) is 0 Å². The number of rotatable bonds is 11. The average molecular weight is 289 g/mol.